The van der Waals surface area contributed by atoms with E-state index in [4.69, 9.17) is 0 Å². The van der Waals surface area contributed by atoms with Gasteiger partial charge < -0.3 is 9.13 Å². The molecule has 0 unspecified atom stereocenters. The molecule has 2 nitrogen and oxygen atoms in total. The van der Waals surface area contributed by atoms with E-state index in [1.165, 1.54) is 106 Å². The summed E-state index contributed by atoms with van der Waals surface area (Å²) in [5.74, 6) is 0. The van der Waals surface area contributed by atoms with Crippen molar-refractivity contribution in [2.75, 3.05) is 0 Å². The second kappa shape index (κ2) is 12.3. The fraction of sp³-hybridized carbons (Fsp3) is 0. The Morgan fingerprint density at radius 3 is 1.07 bits per heavy atom. The molecule has 0 amide bonds. The van der Waals surface area contributed by atoms with Crippen molar-refractivity contribution in [1.29, 1.82) is 0 Å². The average molecular weight is 773 g/mol. The lowest BCUT2D eigenvalue weighted by atomic mass is 10.0. The first-order chi connectivity index (χ1) is 28.7. The highest BCUT2D eigenvalue weighted by molar-refractivity contribution is 7.26. The van der Waals surface area contributed by atoms with Crippen LogP contribution in [0.25, 0.3) is 118 Å². The largest absolute Gasteiger partial charge is 0.307 e. The summed E-state index contributed by atoms with van der Waals surface area (Å²) >= 11 is 3.73. The third-order valence-electron chi connectivity index (χ3n) is 12.1. The number of hydrogen-bond donors (Lipinski definition) is 0. The van der Waals surface area contributed by atoms with Gasteiger partial charge in [0, 0.05) is 73.3 Å². The summed E-state index contributed by atoms with van der Waals surface area (Å²) in [7, 11) is 0. The molecule has 0 bridgehead atoms. The van der Waals surface area contributed by atoms with Crippen LogP contribution in [0.4, 0.5) is 0 Å². The van der Waals surface area contributed by atoms with Crippen molar-refractivity contribution in [3.05, 3.63) is 194 Å². The molecule has 0 fully saturated rings. The number of thiophene rings is 2. The molecule has 0 saturated heterocycles. The number of benzene rings is 9. The summed E-state index contributed by atoms with van der Waals surface area (Å²) < 4.78 is 10.3. The Balaban J connectivity index is 0.995. The monoisotopic (exact) mass is 772 g/mol. The molecule has 58 heavy (non-hydrogen) atoms. The van der Waals surface area contributed by atoms with Gasteiger partial charge in [0.15, 0.2) is 0 Å². The van der Waals surface area contributed by atoms with Gasteiger partial charge in [-0.1, -0.05) is 121 Å². The Hall–Kier alpha value is -6.98. The first-order valence-corrected chi connectivity index (χ1v) is 21.4. The van der Waals surface area contributed by atoms with E-state index >= 15 is 0 Å². The number of para-hydroxylation sites is 2. The van der Waals surface area contributed by atoms with Gasteiger partial charge >= 0.3 is 0 Å². The van der Waals surface area contributed by atoms with E-state index in [1.54, 1.807) is 0 Å². The number of aromatic nitrogens is 2. The van der Waals surface area contributed by atoms with Crippen molar-refractivity contribution in [3.8, 4) is 33.6 Å². The molecule has 4 aromatic heterocycles. The van der Waals surface area contributed by atoms with Crippen LogP contribution in [-0.2, 0) is 0 Å². The zero-order chi connectivity index (χ0) is 37.9. The highest BCUT2D eigenvalue weighted by Gasteiger charge is 2.21. The SMILES string of the molecule is c1ccc2c(c1)sc1ccc(-c3ccc(-n4c5ccccc5c5ccc6c7ccccc7n(-c7ccc(-c8ccc9sc%10ccccc%10c9c8)cc7)c6c54)cc3)cc12. The molecule has 4 heteroatoms. The lowest BCUT2D eigenvalue weighted by Gasteiger charge is -2.14. The first kappa shape index (κ1) is 32.1. The first-order valence-electron chi connectivity index (χ1n) is 19.7. The van der Waals surface area contributed by atoms with Gasteiger partial charge in [-0.3, -0.25) is 0 Å². The normalized spacial score (nSPS) is 12.1. The summed E-state index contributed by atoms with van der Waals surface area (Å²) in [6.07, 6.45) is 0. The van der Waals surface area contributed by atoms with Crippen LogP contribution in [0.15, 0.2) is 194 Å². The maximum absolute atomic E-state index is 2.48. The number of fused-ring (bicyclic) bond motifs is 13. The van der Waals surface area contributed by atoms with Crippen molar-refractivity contribution in [3.63, 3.8) is 0 Å². The zero-order valence-corrected chi connectivity index (χ0v) is 32.8. The smallest absolute Gasteiger partial charge is 0.0788 e. The van der Waals surface area contributed by atoms with Gasteiger partial charge in [0.1, 0.15) is 0 Å². The van der Waals surface area contributed by atoms with Crippen molar-refractivity contribution in [2.45, 2.75) is 0 Å². The number of nitrogens with zero attached hydrogens (tertiary/aromatic N) is 2. The molecule has 13 aromatic rings. The summed E-state index contributed by atoms with van der Waals surface area (Å²) in [5, 5.41) is 10.3. The molecule has 0 N–H and O–H groups in total. The van der Waals surface area contributed by atoms with Gasteiger partial charge in [0.2, 0.25) is 0 Å². The maximum Gasteiger partial charge on any atom is 0.0788 e. The third kappa shape index (κ3) is 4.64. The van der Waals surface area contributed by atoms with Crippen molar-refractivity contribution >= 4 is 107 Å². The van der Waals surface area contributed by atoms with Crippen molar-refractivity contribution < 1.29 is 0 Å². The van der Waals surface area contributed by atoms with Crippen LogP contribution in [0.3, 0.4) is 0 Å². The van der Waals surface area contributed by atoms with Gasteiger partial charge in [0.05, 0.1) is 22.1 Å². The van der Waals surface area contributed by atoms with E-state index in [1.807, 2.05) is 22.7 Å². The second-order valence-corrected chi connectivity index (χ2v) is 17.4. The summed E-state index contributed by atoms with van der Waals surface area (Å²) in [5.41, 5.74) is 12.0. The minimum absolute atomic E-state index is 1.15. The fourth-order valence-corrected chi connectivity index (χ4v) is 11.6. The Morgan fingerprint density at radius 2 is 0.621 bits per heavy atom. The van der Waals surface area contributed by atoms with Crippen molar-refractivity contribution in [2.24, 2.45) is 0 Å². The maximum atomic E-state index is 2.48. The van der Waals surface area contributed by atoms with E-state index in [9.17, 15) is 0 Å². The third-order valence-corrected chi connectivity index (χ3v) is 14.4. The van der Waals surface area contributed by atoms with Gasteiger partial charge in [0.25, 0.3) is 0 Å². The van der Waals surface area contributed by atoms with Gasteiger partial charge in [-0.15, -0.1) is 22.7 Å². The Bertz CT molecular complexity index is 3530. The predicted octanol–water partition coefficient (Wildman–Crippen LogP) is 16.0. The lowest BCUT2D eigenvalue weighted by Crippen LogP contribution is -1.98. The Kier molecular flexibility index (Phi) is 6.79. The van der Waals surface area contributed by atoms with Crippen LogP contribution in [0.2, 0.25) is 0 Å². The lowest BCUT2D eigenvalue weighted by molar-refractivity contribution is 1.15. The topological polar surface area (TPSA) is 9.86 Å². The molecule has 0 saturated carbocycles. The van der Waals surface area contributed by atoms with Crippen LogP contribution in [0.5, 0.6) is 0 Å². The standard InChI is InChI=1S/C54H32N2S2/c1-5-13-47-39(9-1)43-27-28-44-40-10-2-6-14-48(40)56(38-25-19-34(20-26-38)36-22-30-52-46(32-36)42-12-4-8-16-50(42)58-52)54(44)53(43)55(47)37-23-17-33(18-24-37)35-21-29-51-45(31-35)41-11-3-7-15-49(41)57-51/h1-32H. The molecule has 0 atom stereocenters. The van der Waals surface area contributed by atoms with E-state index in [-0.39, 0.29) is 0 Å². The average Bonchev–Trinajstić information content (AvgIpc) is 4.04. The minimum atomic E-state index is 1.15. The molecule has 13 rings (SSSR count). The van der Waals surface area contributed by atoms with Gasteiger partial charge in [-0.2, -0.15) is 0 Å². The molecule has 270 valence electrons. The molecule has 9 aromatic carbocycles. The Morgan fingerprint density at radius 1 is 0.259 bits per heavy atom. The van der Waals surface area contributed by atoms with Crippen LogP contribution in [0.1, 0.15) is 0 Å². The molecule has 0 aliphatic rings. The molecule has 0 aliphatic heterocycles. The van der Waals surface area contributed by atoms with Crippen LogP contribution >= 0.6 is 22.7 Å². The highest BCUT2D eigenvalue weighted by Crippen LogP contribution is 2.43. The van der Waals surface area contributed by atoms with Crippen LogP contribution in [-0.4, -0.2) is 9.13 Å². The molecule has 0 aliphatic carbocycles. The minimum Gasteiger partial charge on any atom is -0.307 e. The van der Waals surface area contributed by atoms with E-state index in [0.29, 0.717) is 0 Å². The molecular weight excluding hydrogens is 741 g/mol. The summed E-state index contributed by atoms with van der Waals surface area (Å²) in [6, 6.07) is 72.0. The van der Waals surface area contributed by atoms with E-state index < -0.39 is 0 Å². The van der Waals surface area contributed by atoms with E-state index in [0.717, 1.165) is 11.4 Å². The van der Waals surface area contributed by atoms with E-state index in [2.05, 4.69) is 203 Å². The van der Waals surface area contributed by atoms with Crippen molar-refractivity contribution in [1.82, 2.24) is 9.13 Å². The Labute approximate surface area is 341 Å². The molecular formula is C54H32N2S2. The van der Waals surface area contributed by atoms with Crippen LogP contribution in [0, 0.1) is 0 Å². The predicted molar refractivity (Wildman–Crippen MR) is 252 cm³/mol. The van der Waals surface area contributed by atoms with Crippen LogP contribution < -0.4 is 0 Å². The number of rotatable bonds is 4. The summed E-state index contributed by atoms with van der Waals surface area (Å²) in [4.78, 5) is 0. The molecule has 0 spiro atoms. The second-order valence-electron chi connectivity index (χ2n) is 15.3. The quantitative estimate of drug-likeness (QED) is 0.169. The number of hydrogen-bond acceptors (Lipinski definition) is 2. The summed E-state index contributed by atoms with van der Waals surface area (Å²) in [6.45, 7) is 0. The highest BCUT2D eigenvalue weighted by atomic mass is 32.1. The fourth-order valence-electron chi connectivity index (χ4n) is 9.45. The molecule has 4 heterocycles. The van der Waals surface area contributed by atoms with Gasteiger partial charge in [-0.25, -0.2) is 0 Å². The van der Waals surface area contributed by atoms with Gasteiger partial charge in [-0.05, 0) is 95.1 Å². The zero-order valence-electron chi connectivity index (χ0n) is 31.2. The molecule has 0 radical (unpaired) electrons.